The Morgan fingerprint density at radius 1 is 0.759 bits per heavy atom. The van der Waals surface area contributed by atoms with Crippen LogP contribution in [0, 0.1) is 0 Å². The molecule has 2 fully saturated rings. The van der Waals surface area contributed by atoms with Crippen LogP contribution >= 0.6 is 0 Å². The molecule has 0 bridgehead atoms. The fourth-order valence-electron chi connectivity index (χ4n) is 3.85. The molecule has 2 aliphatic heterocycles. The largest absolute Gasteiger partial charge is 0.371 e. The van der Waals surface area contributed by atoms with Gasteiger partial charge in [-0.2, -0.15) is 0 Å². The molecule has 2 saturated heterocycles. The van der Waals surface area contributed by atoms with Crippen LogP contribution in [0.25, 0.3) is 0 Å². The average Bonchev–Trinajstić information content (AvgIpc) is 3.66. The van der Waals surface area contributed by atoms with Crippen LogP contribution in [0.3, 0.4) is 0 Å². The molecule has 0 aromatic heterocycles. The molecule has 2 aromatic rings. The second-order valence-corrected chi connectivity index (χ2v) is 7.95. The Morgan fingerprint density at radius 3 is 1.55 bits per heavy atom. The lowest BCUT2D eigenvalue weighted by Crippen LogP contribution is -2.13. The van der Waals surface area contributed by atoms with Crippen LogP contribution in [0.15, 0.2) is 48.5 Å². The van der Waals surface area contributed by atoms with Crippen LogP contribution in [0.1, 0.15) is 61.2 Å². The van der Waals surface area contributed by atoms with Crippen molar-refractivity contribution in [2.75, 3.05) is 26.4 Å². The van der Waals surface area contributed by atoms with E-state index in [4.69, 9.17) is 18.9 Å². The quantitative estimate of drug-likeness (QED) is 0.473. The van der Waals surface area contributed by atoms with Crippen molar-refractivity contribution >= 4 is 0 Å². The van der Waals surface area contributed by atoms with E-state index in [9.17, 15) is 0 Å². The molecule has 2 heterocycles. The second-order valence-electron chi connectivity index (χ2n) is 7.95. The Balaban J connectivity index is 1.52. The summed E-state index contributed by atoms with van der Waals surface area (Å²) in [5, 5.41) is 0. The van der Waals surface area contributed by atoms with Crippen molar-refractivity contribution in [3.63, 3.8) is 0 Å². The first-order valence-electron chi connectivity index (χ1n) is 10.9. The van der Waals surface area contributed by atoms with Crippen molar-refractivity contribution < 1.29 is 18.9 Å². The van der Waals surface area contributed by atoms with E-state index < -0.39 is 0 Å². The Kier molecular flexibility index (Phi) is 6.98. The third-order valence-corrected chi connectivity index (χ3v) is 5.70. The summed E-state index contributed by atoms with van der Waals surface area (Å²) in [6, 6.07) is 17.3. The van der Waals surface area contributed by atoms with E-state index in [1.165, 1.54) is 22.3 Å². The van der Waals surface area contributed by atoms with E-state index in [-0.39, 0.29) is 24.4 Å². The summed E-state index contributed by atoms with van der Waals surface area (Å²) in [5.41, 5.74) is 5.21. The Hall–Kier alpha value is -1.72. The van der Waals surface area contributed by atoms with Crippen LogP contribution in [-0.4, -0.2) is 38.6 Å². The number of hydrogen-bond donors (Lipinski definition) is 0. The van der Waals surface area contributed by atoms with E-state index in [1.54, 1.807) is 0 Å². The zero-order chi connectivity index (χ0) is 20.1. The molecule has 0 spiro atoms. The van der Waals surface area contributed by atoms with Crippen LogP contribution in [0.4, 0.5) is 0 Å². The van der Waals surface area contributed by atoms with Gasteiger partial charge in [-0.1, -0.05) is 62.4 Å². The van der Waals surface area contributed by atoms with Crippen LogP contribution in [0.5, 0.6) is 0 Å². The monoisotopic (exact) mass is 396 g/mol. The molecule has 29 heavy (non-hydrogen) atoms. The summed E-state index contributed by atoms with van der Waals surface area (Å²) >= 11 is 0. The molecule has 4 rings (SSSR count). The lowest BCUT2D eigenvalue weighted by atomic mass is 9.91. The highest BCUT2D eigenvalue weighted by Gasteiger charge is 2.26. The predicted molar refractivity (Wildman–Crippen MR) is 113 cm³/mol. The van der Waals surface area contributed by atoms with E-state index in [0.717, 1.165) is 32.5 Å². The summed E-state index contributed by atoms with van der Waals surface area (Å²) in [7, 11) is 0. The third kappa shape index (κ3) is 5.67. The lowest BCUT2D eigenvalue weighted by Gasteiger charge is -2.22. The average molecular weight is 397 g/mol. The standard InChI is InChI=1S/C25H32O4/c1-3-24(28-16-20-14-26-20)22-11-7-5-9-18(22)13-19-10-6-8-12-23(19)25(4-2)29-17-21-15-27-21/h5-12,20-21,24-25H,3-4,13-17H2,1-2H3. The normalized spacial score (nSPS) is 22.3. The van der Waals surface area contributed by atoms with E-state index >= 15 is 0 Å². The summed E-state index contributed by atoms with van der Waals surface area (Å²) in [5.74, 6) is 0. The molecular formula is C25H32O4. The fraction of sp³-hybridized carbons (Fsp3) is 0.520. The van der Waals surface area contributed by atoms with E-state index in [0.29, 0.717) is 13.2 Å². The summed E-state index contributed by atoms with van der Waals surface area (Å²) < 4.78 is 23.0. The van der Waals surface area contributed by atoms with Crippen molar-refractivity contribution in [1.82, 2.24) is 0 Å². The first-order chi connectivity index (χ1) is 14.3. The maximum absolute atomic E-state index is 6.19. The van der Waals surface area contributed by atoms with Crippen LogP contribution in [0.2, 0.25) is 0 Å². The summed E-state index contributed by atoms with van der Waals surface area (Å²) in [4.78, 5) is 0. The third-order valence-electron chi connectivity index (χ3n) is 5.70. The Labute approximate surface area is 174 Å². The highest BCUT2D eigenvalue weighted by molar-refractivity contribution is 5.38. The van der Waals surface area contributed by atoms with Crippen molar-refractivity contribution in [3.8, 4) is 0 Å². The first-order valence-corrected chi connectivity index (χ1v) is 10.9. The molecule has 0 amide bonds. The van der Waals surface area contributed by atoms with Gasteiger partial charge in [-0.3, -0.25) is 0 Å². The fourth-order valence-corrected chi connectivity index (χ4v) is 3.85. The van der Waals surface area contributed by atoms with Crippen LogP contribution < -0.4 is 0 Å². The molecule has 2 aromatic carbocycles. The zero-order valence-corrected chi connectivity index (χ0v) is 17.5. The molecule has 4 nitrogen and oxygen atoms in total. The maximum atomic E-state index is 6.19. The highest BCUT2D eigenvalue weighted by Crippen LogP contribution is 2.31. The van der Waals surface area contributed by atoms with Crippen molar-refractivity contribution in [1.29, 1.82) is 0 Å². The summed E-state index contributed by atoms with van der Waals surface area (Å²) in [6.07, 6.45) is 3.57. The molecule has 156 valence electrons. The molecule has 4 atom stereocenters. The van der Waals surface area contributed by atoms with Gasteiger partial charge in [0, 0.05) is 0 Å². The smallest absolute Gasteiger partial charge is 0.104 e. The Morgan fingerprint density at radius 2 is 1.17 bits per heavy atom. The van der Waals surface area contributed by atoms with Crippen molar-refractivity contribution in [2.45, 2.75) is 57.5 Å². The molecule has 4 heteroatoms. The van der Waals surface area contributed by atoms with Gasteiger partial charge < -0.3 is 18.9 Å². The van der Waals surface area contributed by atoms with Crippen molar-refractivity contribution in [3.05, 3.63) is 70.8 Å². The predicted octanol–water partition coefficient (Wildman–Crippen LogP) is 5.01. The number of benzene rings is 2. The van der Waals surface area contributed by atoms with Crippen LogP contribution in [-0.2, 0) is 25.4 Å². The van der Waals surface area contributed by atoms with Gasteiger partial charge in [-0.05, 0) is 41.5 Å². The van der Waals surface area contributed by atoms with Gasteiger partial charge in [0.1, 0.15) is 12.2 Å². The topological polar surface area (TPSA) is 43.5 Å². The second kappa shape index (κ2) is 9.86. The minimum atomic E-state index is 0.104. The Bertz CT molecular complexity index is 716. The molecule has 4 unspecified atom stereocenters. The number of rotatable bonds is 12. The van der Waals surface area contributed by atoms with Crippen molar-refractivity contribution in [2.24, 2.45) is 0 Å². The van der Waals surface area contributed by atoms with Gasteiger partial charge in [0.25, 0.3) is 0 Å². The minimum absolute atomic E-state index is 0.104. The molecule has 0 radical (unpaired) electrons. The molecule has 0 N–H and O–H groups in total. The maximum Gasteiger partial charge on any atom is 0.104 e. The number of epoxide rings is 2. The van der Waals surface area contributed by atoms with E-state index in [2.05, 4.69) is 62.4 Å². The SMILES string of the molecule is CCC(OCC1CO1)c1ccccc1Cc1ccccc1C(CC)OCC1CO1. The van der Waals surface area contributed by atoms with E-state index in [1.807, 2.05) is 0 Å². The van der Waals surface area contributed by atoms with Gasteiger partial charge >= 0.3 is 0 Å². The molecule has 0 saturated carbocycles. The summed E-state index contributed by atoms with van der Waals surface area (Å²) in [6.45, 7) is 7.39. The molecule has 2 aliphatic rings. The van der Waals surface area contributed by atoms with Gasteiger partial charge in [0.15, 0.2) is 0 Å². The number of ether oxygens (including phenoxy) is 4. The zero-order valence-electron chi connectivity index (χ0n) is 17.5. The van der Waals surface area contributed by atoms with Gasteiger partial charge in [0.2, 0.25) is 0 Å². The van der Waals surface area contributed by atoms with Gasteiger partial charge in [0.05, 0.1) is 38.6 Å². The number of hydrogen-bond acceptors (Lipinski definition) is 4. The molecule has 0 aliphatic carbocycles. The van der Waals surface area contributed by atoms with Gasteiger partial charge in [-0.25, -0.2) is 0 Å². The first kappa shape index (κ1) is 20.5. The molecular weight excluding hydrogens is 364 g/mol. The lowest BCUT2D eigenvalue weighted by molar-refractivity contribution is 0.0383. The minimum Gasteiger partial charge on any atom is -0.371 e. The van der Waals surface area contributed by atoms with Gasteiger partial charge in [-0.15, -0.1) is 0 Å². The highest BCUT2D eigenvalue weighted by atomic mass is 16.6.